The molecule has 3 N–H and O–H groups in total. The highest BCUT2D eigenvalue weighted by Gasteiger charge is 2.56. The van der Waals surface area contributed by atoms with Gasteiger partial charge in [0.25, 0.3) is 5.91 Å². The fraction of sp³-hybridized carbons (Fsp3) is 0.769. The number of rotatable bonds is 4. The Kier molecular flexibility index (Phi) is 3.92. The van der Waals surface area contributed by atoms with Gasteiger partial charge in [0.15, 0.2) is 5.69 Å². The maximum absolute atomic E-state index is 12.2. The van der Waals surface area contributed by atoms with Gasteiger partial charge in [-0.15, -0.1) is 0 Å². The molecule has 0 radical (unpaired) electrons. The number of aliphatic hydroxyl groups is 2. The molecule has 1 aromatic rings. The Hall–Kier alpha value is -1.51. The number of piperidine rings is 1. The molecule has 0 unspecified atom stereocenters. The minimum absolute atomic E-state index is 0.0144. The first kappa shape index (κ1) is 14.4. The maximum atomic E-state index is 12.2. The molecule has 2 aliphatic rings. The van der Waals surface area contributed by atoms with E-state index in [1.807, 2.05) is 0 Å². The van der Waals surface area contributed by atoms with Gasteiger partial charge in [-0.3, -0.25) is 4.79 Å². The van der Waals surface area contributed by atoms with Gasteiger partial charge in [-0.25, -0.2) is 0 Å². The van der Waals surface area contributed by atoms with Crippen LogP contribution >= 0.6 is 0 Å². The molecule has 21 heavy (non-hydrogen) atoms. The van der Waals surface area contributed by atoms with Crippen LogP contribution in [-0.2, 0) is 4.74 Å². The van der Waals surface area contributed by atoms with E-state index in [0.29, 0.717) is 44.7 Å². The zero-order chi connectivity index (χ0) is 14.9. The second kappa shape index (κ2) is 5.70. The van der Waals surface area contributed by atoms with Crippen LogP contribution in [0.15, 0.2) is 6.20 Å². The maximum Gasteiger partial charge on any atom is 0.276 e. The number of amides is 1. The van der Waals surface area contributed by atoms with Crippen LogP contribution in [0, 0.1) is 5.41 Å². The highest BCUT2D eigenvalue weighted by atomic mass is 16.5. The van der Waals surface area contributed by atoms with Gasteiger partial charge in [0.05, 0.1) is 31.6 Å². The molecule has 2 fully saturated rings. The smallest absolute Gasteiger partial charge is 0.276 e. The summed E-state index contributed by atoms with van der Waals surface area (Å²) in [5.74, 6) is -0.139. The summed E-state index contributed by atoms with van der Waals surface area (Å²) < 4.78 is 5.62. The topological polar surface area (TPSA) is 112 Å². The predicted molar refractivity (Wildman–Crippen MR) is 71.4 cm³/mol. The number of aromatic amines is 1. The lowest BCUT2D eigenvalue weighted by Crippen LogP contribution is -2.62. The number of hydrogen-bond donors (Lipinski definition) is 3. The summed E-state index contributed by atoms with van der Waals surface area (Å²) in [6, 6.07) is 0. The second-order valence-electron chi connectivity index (χ2n) is 5.72. The van der Waals surface area contributed by atoms with Crippen molar-refractivity contribution < 1.29 is 19.7 Å². The van der Waals surface area contributed by atoms with Crippen molar-refractivity contribution in [3.8, 4) is 0 Å². The summed E-state index contributed by atoms with van der Waals surface area (Å²) in [5, 5.41) is 28.9. The van der Waals surface area contributed by atoms with Crippen molar-refractivity contribution >= 4 is 5.91 Å². The Morgan fingerprint density at radius 3 is 2.86 bits per heavy atom. The number of carbonyl (C=O) groups excluding carboxylic acids is 1. The van der Waals surface area contributed by atoms with Crippen molar-refractivity contribution in [2.75, 3.05) is 26.3 Å². The van der Waals surface area contributed by atoms with Crippen LogP contribution in [0.5, 0.6) is 0 Å². The van der Waals surface area contributed by atoms with Gasteiger partial charge in [0.1, 0.15) is 0 Å². The third-order valence-corrected chi connectivity index (χ3v) is 4.77. The van der Waals surface area contributed by atoms with Crippen LogP contribution in [0.1, 0.15) is 29.8 Å². The third-order valence-electron chi connectivity index (χ3n) is 4.77. The zero-order valence-electron chi connectivity index (χ0n) is 11.7. The van der Waals surface area contributed by atoms with Crippen LogP contribution in [0.4, 0.5) is 0 Å². The summed E-state index contributed by atoms with van der Waals surface area (Å²) in [5.41, 5.74) is 0.0451. The van der Waals surface area contributed by atoms with E-state index in [-0.39, 0.29) is 30.1 Å². The van der Waals surface area contributed by atoms with Crippen molar-refractivity contribution in [3.63, 3.8) is 0 Å². The quantitative estimate of drug-likeness (QED) is 0.668. The Labute approximate surface area is 122 Å². The van der Waals surface area contributed by atoms with Crippen LogP contribution in [0.3, 0.4) is 0 Å². The first-order valence-corrected chi connectivity index (χ1v) is 7.23. The van der Waals surface area contributed by atoms with Crippen molar-refractivity contribution in [2.24, 2.45) is 5.41 Å². The molecular weight excluding hydrogens is 276 g/mol. The number of nitrogens with one attached hydrogen (secondary N) is 1. The number of carbonyl (C=O) groups is 1. The average molecular weight is 296 g/mol. The second-order valence-corrected chi connectivity index (χ2v) is 5.72. The van der Waals surface area contributed by atoms with Gasteiger partial charge in [-0.05, 0) is 12.8 Å². The molecule has 1 aliphatic carbocycles. The summed E-state index contributed by atoms with van der Waals surface area (Å²) in [7, 11) is 0. The molecule has 8 heteroatoms. The van der Waals surface area contributed by atoms with Gasteiger partial charge in [-0.1, -0.05) is 0 Å². The average Bonchev–Trinajstić information content (AvgIpc) is 3.05. The summed E-state index contributed by atoms with van der Waals surface area (Å²) in [4.78, 5) is 13.9. The molecule has 1 saturated carbocycles. The normalized spacial score (nSPS) is 27.6. The van der Waals surface area contributed by atoms with Crippen LogP contribution in [0.25, 0.3) is 0 Å². The summed E-state index contributed by atoms with van der Waals surface area (Å²) in [6.45, 7) is 1.42. The monoisotopic (exact) mass is 296 g/mol. The number of H-pyrrole nitrogens is 1. The van der Waals surface area contributed by atoms with Crippen LogP contribution in [0.2, 0.25) is 0 Å². The lowest BCUT2D eigenvalue weighted by atomic mass is 9.58. The van der Waals surface area contributed by atoms with E-state index in [1.54, 1.807) is 4.90 Å². The fourth-order valence-corrected chi connectivity index (χ4v) is 3.40. The standard InChI is InChI=1S/C13H20N4O4/c18-5-6-21-11-7-10(19)13(11)1-3-17(4-2-13)12(20)9-8-14-16-15-9/h8,10-11,18-19H,1-7H2,(H,14,15,16)/t10-,11+/m1/s1. The first-order chi connectivity index (χ1) is 10.2. The molecule has 1 aromatic heterocycles. The van der Waals surface area contributed by atoms with Crippen molar-refractivity contribution in [2.45, 2.75) is 31.5 Å². The number of nitrogens with zero attached hydrogens (tertiary/aromatic N) is 3. The van der Waals surface area contributed by atoms with Gasteiger partial charge in [0.2, 0.25) is 0 Å². The van der Waals surface area contributed by atoms with Crippen LogP contribution < -0.4 is 0 Å². The number of aromatic nitrogens is 3. The number of aliphatic hydroxyl groups excluding tert-OH is 2. The Balaban J connectivity index is 1.60. The van der Waals surface area contributed by atoms with Crippen molar-refractivity contribution in [1.82, 2.24) is 20.3 Å². The van der Waals surface area contributed by atoms with E-state index >= 15 is 0 Å². The van der Waals surface area contributed by atoms with Gasteiger partial charge in [0, 0.05) is 24.9 Å². The molecular formula is C13H20N4O4. The van der Waals surface area contributed by atoms with E-state index in [9.17, 15) is 9.90 Å². The SMILES string of the molecule is O=C(c1cn[nH]n1)N1CCC2(CC1)[C@H](O)C[C@@H]2OCCO. The Morgan fingerprint density at radius 2 is 2.29 bits per heavy atom. The fourth-order valence-electron chi connectivity index (χ4n) is 3.40. The zero-order valence-corrected chi connectivity index (χ0v) is 11.7. The summed E-state index contributed by atoms with van der Waals surface area (Å²) >= 11 is 0. The van der Waals surface area contributed by atoms with E-state index in [4.69, 9.17) is 9.84 Å². The Bertz CT molecular complexity index is 484. The summed E-state index contributed by atoms with van der Waals surface area (Å²) in [6.07, 6.45) is 3.02. The molecule has 2 heterocycles. The first-order valence-electron chi connectivity index (χ1n) is 7.23. The lowest BCUT2D eigenvalue weighted by Gasteiger charge is -2.56. The molecule has 1 saturated heterocycles. The third kappa shape index (κ3) is 2.43. The molecule has 0 aromatic carbocycles. The lowest BCUT2D eigenvalue weighted by molar-refractivity contribution is -0.211. The van der Waals surface area contributed by atoms with Crippen molar-refractivity contribution in [3.05, 3.63) is 11.9 Å². The number of likely N-dealkylation sites (tertiary alicyclic amines) is 1. The molecule has 0 bridgehead atoms. The molecule has 3 rings (SSSR count). The van der Waals surface area contributed by atoms with E-state index in [2.05, 4.69) is 15.4 Å². The number of hydrogen-bond acceptors (Lipinski definition) is 6. The van der Waals surface area contributed by atoms with Crippen molar-refractivity contribution in [1.29, 1.82) is 0 Å². The predicted octanol–water partition coefficient (Wildman–Crippen LogP) is -0.831. The van der Waals surface area contributed by atoms with Gasteiger partial charge >= 0.3 is 0 Å². The van der Waals surface area contributed by atoms with E-state index in [0.717, 1.165) is 0 Å². The molecule has 1 spiro atoms. The highest BCUT2D eigenvalue weighted by molar-refractivity contribution is 5.91. The minimum atomic E-state index is -0.384. The molecule has 1 amide bonds. The van der Waals surface area contributed by atoms with Crippen LogP contribution in [-0.4, -0.2) is 74.9 Å². The minimum Gasteiger partial charge on any atom is -0.394 e. The molecule has 2 atom stereocenters. The highest BCUT2D eigenvalue weighted by Crippen LogP contribution is 2.50. The van der Waals surface area contributed by atoms with Gasteiger partial charge < -0.3 is 19.8 Å². The molecule has 8 nitrogen and oxygen atoms in total. The van der Waals surface area contributed by atoms with E-state index in [1.165, 1.54) is 6.20 Å². The largest absolute Gasteiger partial charge is 0.394 e. The van der Waals surface area contributed by atoms with E-state index < -0.39 is 0 Å². The molecule has 116 valence electrons. The Morgan fingerprint density at radius 1 is 1.52 bits per heavy atom. The molecule has 1 aliphatic heterocycles. The number of ether oxygens (including phenoxy) is 1. The van der Waals surface area contributed by atoms with Gasteiger partial charge in [-0.2, -0.15) is 15.4 Å².